The Bertz CT molecular complexity index is 1040. The van der Waals surface area contributed by atoms with Crippen LogP contribution in [-0.2, 0) is 28.6 Å². The second-order valence-electron chi connectivity index (χ2n) is 19.2. The molecular formula is C58H108O6. The van der Waals surface area contributed by atoms with Crippen LogP contribution in [0.2, 0.25) is 0 Å². The minimum atomic E-state index is -0.770. The van der Waals surface area contributed by atoms with Gasteiger partial charge in [-0.05, 0) is 70.6 Å². The molecule has 0 aromatic carbocycles. The third kappa shape index (κ3) is 50.9. The third-order valence-corrected chi connectivity index (χ3v) is 12.7. The fourth-order valence-corrected chi connectivity index (χ4v) is 8.37. The summed E-state index contributed by atoms with van der Waals surface area (Å²) in [5.74, 6) is -0.864. The molecule has 6 nitrogen and oxygen atoms in total. The molecule has 0 aliphatic heterocycles. The number of unbranched alkanes of at least 4 members (excludes halogenated alkanes) is 37. The average molecular weight is 901 g/mol. The van der Waals surface area contributed by atoms with E-state index < -0.39 is 6.10 Å². The molecule has 0 unspecified atom stereocenters. The molecule has 1 atom stereocenters. The van der Waals surface area contributed by atoms with Gasteiger partial charge in [-0.1, -0.05) is 244 Å². The molecule has 0 spiro atoms. The first-order valence-electron chi connectivity index (χ1n) is 28.3. The highest BCUT2D eigenvalue weighted by molar-refractivity contribution is 5.71. The Kier molecular flexibility index (Phi) is 51.7. The van der Waals surface area contributed by atoms with E-state index in [2.05, 4.69) is 45.1 Å². The van der Waals surface area contributed by atoms with Crippen molar-refractivity contribution in [3.8, 4) is 0 Å². The molecule has 0 aromatic rings. The second kappa shape index (κ2) is 53.5. The number of carbonyl (C=O) groups is 3. The predicted molar refractivity (Wildman–Crippen MR) is 275 cm³/mol. The van der Waals surface area contributed by atoms with E-state index in [0.717, 1.165) is 57.8 Å². The SMILES string of the molecule is CCCCCCCC/C=C\CCCCCCCCCC(=O)O[C@@H](COC(=O)CCCCCCCCC/C=C\CCCCCCCCCC)COC(=O)CCCCCCCCCCCC. The van der Waals surface area contributed by atoms with E-state index >= 15 is 0 Å². The zero-order valence-corrected chi connectivity index (χ0v) is 43.1. The lowest BCUT2D eigenvalue weighted by atomic mass is 10.1. The Morgan fingerprint density at radius 3 is 0.781 bits per heavy atom. The van der Waals surface area contributed by atoms with Gasteiger partial charge in [-0.2, -0.15) is 0 Å². The van der Waals surface area contributed by atoms with Crippen molar-refractivity contribution in [3.05, 3.63) is 24.3 Å². The van der Waals surface area contributed by atoms with E-state index in [1.807, 2.05) is 0 Å². The molecular weight excluding hydrogens is 793 g/mol. The quantitative estimate of drug-likeness (QED) is 0.0262. The largest absolute Gasteiger partial charge is 0.462 e. The fourth-order valence-electron chi connectivity index (χ4n) is 8.37. The predicted octanol–water partition coefficient (Wildman–Crippen LogP) is 18.7. The molecule has 0 aliphatic rings. The molecule has 376 valence electrons. The van der Waals surface area contributed by atoms with Crippen LogP contribution in [0, 0.1) is 0 Å². The Hall–Kier alpha value is -2.11. The van der Waals surface area contributed by atoms with E-state index in [4.69, 9.17) is 14.2 Å². The Morgan fingerprint density at radius 1 is 0.297 bits per heavy atom. The van der Waals surface area contributed by atoms with Crippen LogP contribution in [0.4, 0.5) is 0 Å². The van der Waals surface area contributed by atoms with Crippen molar-refractivity contribution in [2.45, 2.75) is 316 Å². The molecule has 0 N–H and O–H groups in total. The molecule has 0 fully saturated rings. The van der Waals surface area contributed by atoms with Crippen molar-refractivity contribution in [1.29, 1.82) is 0 Å². The van der Waals surface area contributed by atoms with Gasteiger partial charge in [0.2, 0.25) is 0 Å². The van der Waals surface area contributed by atoms with Crippen molar-refractivity contribution in [1.82, 2.24) is 0 Å². The van der Waals surface area contributed by atoms with Crippen molar-refractivity contribution in [2.75, 3.05) is 13.2 Å². The van der Waals surface area contributed by atoms with E-state index in [1.54, 1.807) is 0 Å². The van der Waals surface area contributed by atoms with E-state index in [-0.39, 0.29) is 31.1 Å². The molecule has 6 heteroatoms. The molecule has 0 rings (SSSR count). The lowest BCUT2D eigenvalue weighted by Crippen LogP contribution is -2.30. The molecule has 0 heterocycles. The van der Waals surface area contributed by atoms with E-state index in [1.165, 1.54) is 212 Å². The van der Waals surface area contributed by atoms with Gasteiger partial charge in [0.15, 0.2) is 6.10 Å². The van der Waals surface area contributed by atoms with Crippen molar-refractivity contribution >= 4 is 17.9 Å². The molecule has 0 aromatic heterocycles. The zero-order valence-electron chi connectivity index (χ0n) is 43.1. The van der Waals surface area contributed by atoms with Gasteiger partial charge in [0.1, 0.15) is 13.2 Å². The molecule has 0 saturated carbocycles. The summed E-state index contributed by atoms with van der Waals surface area (Å²) in [6, 6.07) is 0. The maximum Gasteiger partial charge on any atom is 0.306 e. The first-order chi connectivity index (χ1) is 31.5. The van der Waals surface area contributed by atoms with Crippen LogP contribution in [0.25, 0.3) is 0 Å². The Morgan fingerprint density at radius 2 is 0.516 bits per heavy atom. The summed E-state index contributed by atoms with van der Waals surface area (Å²) in [5, 5.41) is 0. The van der Waals surface area contributed by atoms with Crippen LogP contribution in [0.3, 0.4) is 0 Å². The van der Waals surface area contributed by atoms with Gasteiger partial charge in [0, 0.05) is 19.3 Å². The highest BCUT2D eigenvalue weighted by Crippen LogP contribution is 2.16. The summed E-state index contributed by atoms with van der Waals surface area (Å²) < 4.78 is 16.8. The molecule has 64 heavy (non-hydrogen) atoms. The second-order valence-corrected chi connectivity index (χ2v) is 19.2. The van der Waals surface area contributed by atoms with E-state index in [9.17, 15) is 14.4 Å². The lowest BCUT2D eigenvalue weighted by molar-refractivity contribution is -0.167. The molecule has 0 amide bonds. The number of esters is 3. The number of hydrogen-bond acceptors (Lipinski definition) is 6. The van der Waals surface area contributed by atoms with E-state index in [0.29, 0.717) is 19.3 Å². The maximum atomic E-state index is 12.8. The first-order valence-corrected chi connectivity index (χ1v) is 28.3. The van der Waals surface area contributed by atoms with Gasteiger partial charge >= 0.3 is 17.9 Å². The summed E-state index contributed by atoms with van der Waals surface area (Å²) in [7, 11) is 0. The van der Waals surface area contributed by atoms with Gasteiger partial charge in [-0.25, -0.2) is 0 Å². The summed E-state index contributed by atoms with van der Waals surface area (Å²) in [6.07, 6.45) is 61.7. The Labute approximate surface area is 398 Å². The van der Waals surface area contributed by atoms with Crippen LogP contribution >= 0.6 is 0 Å². The number of allylic oxidation sites excluding steroid dienone is 4. The van der Waals surface area contributed by atoms with Gasteiger partial charge in [0.25, 0.3) is 0 Å². The van der Waals surface area contributed by atoms with Gasteiger partial charge in [-0.3, -0.25) is 14.4 Å². The number of carbonyl (C=O) groups excluding carboxylic acids is 3. The smallest absolute Gasteiger partial charge is 0.306 e. The minimum absolute atomic E-state index is 0.0705. The first kappa shape index (κ1) is 61.9. The van der Waals surface area contributed by atoms with Crippen LogP contribution in [0.1, 0.15) is 310 Å². The average Bonchev–Trinajstić information content (AvgIpc) is 3.29. The van der Waals surface area contributed by atoms with Crippen molar-refractivity contribution in [3.63, 3.8) is 0 Å². The minimum Gasteiger partial charge on any atom is -0.462 e. The topological polar surface area (TPSA) is 78.9 Å². The summed E-state index contributed by atoms with van der Waals surface area (Å²) in [5.41, 5.74) is 0. The number of hydrogen-bond donors (Lipinski definition) is 0. The van der Waals surface area contributed by atoms with Crippen LogP contribution in [0.5, 0.6) is 0 Å². The zero-order chi connectivity index (χ0) is 46.5. The van der Waals surface area contributed by atoms with Crippen LogP contribution < -0.4 is 0 Å². The maximum absolute atomic E-state index is 12.8. The fraction of sp³-hybridized carbons (Fsp3) is 0.879. The highest BCUT2D eigenvalue weighted by Gasteiger charge is 2.19. The van der Waals surface area contributed by atoms with Gasteiger partial charge < -0.3 is 14.2 Å². The number of rotatable bonds is 52. The van der Waals surface area contributed by atoms with Crippen LogP contribution in [-0.4, -0.2) is 37.2 Å². The standard InChI is InChI=1S/C58H108O6/c1-4-7-10-13-16-19-22-24-26-28-29-31-32-34-36-39-42-45-48-51-57(60)63-54-55(53-62-56(59)50-47-44-41-38-21-18-15-12-9-6-3)64-58(61)52-49-46-43-40-37-35-33-30-27-25-23-20-17-14-11-8-5-2/h25,27-29,55H,4-24,26,30-54H2,1-3H3/b27-25-,29-28-/t55-/m1/s1. The summed E-state index contributed by atoms with van der Waals surface area (Å²) in [4.78, 5) is 38.0. The van der Waals surface area contributed by atoms with Gasteiger partial charge in [0.05, 0.1) is 0 Å². The third-order valence-electron chi connectivity index (χ3n) is 12.7. The van der Waals surface area contributed by atoms with Crippen molar-refractivity contribution < 1.29 is 28.6 Å². The molecule has 0 radical (unpaired) electrons. The number of ether oxygens (including phenoxy) is 3. The normalized spacial score (nSPS) is 12.1. The van der Waals surface area contributed by atoms with Gasteiger partial charge in [-0.15, -0.1) is 0 Å². The van der Waals surface area contributed by atoms with Crippen LogP contribution in [0.15, 0.2) is 24.3 Å². The molecule has 0 saturated heterocycles. The highest BCUT2D eigenvalue weighted by atomic mass is 16.6. The molecule has 0 bridgehead atoms. The summed E-state index contributed by atoms with van der Waals surface area (Å²) >= 11 is 0. The molecule has 0 aliphatic carbocycles. The monoisotopic (exact) mass is 901 g/mol. The van der Waals surface area contributed by atoms with Crippen molar-refractivity contribution in [2.24, 2.45) is 0 Å². The summed E-state index contributed by atoms with van der Waals surface area (Å²) in [6.45, 7) is 6.65. The lowest BCUT2D eigenvalue weighted by Gasteiger charge is -2.18. The Balaban J connectivity index is 4.28.